The topological polar surface area (TPSA) is 148 Å². The molecule has 12 heteroatoms. The Kier molecular flexibility index (Phi) is 7.63. The summed E-state index contributed by atoms with van der Waals surface area (Å²) in [6.45, 7) is 0.485. The largest absolute Gasteiger partial charge is 0.366 e. The minimum absolute atomic E-state index is 0.0000639. The predicted octanol–water partition coefficient (Wildman–Crippen LogP) is 3.11. The molecule has 1 saturated heterocycles. The van der Waals surface area contributed by atoms with Gasteiger partial charge in [0, 0.05) is 30.3 Å². The molecule has 2 atom stereocenters. The Balaban J connectivity index is 1.51. The molecule has 1 aliphatic heterocycles. The van der Waals surface area contributed by atoms with Gasteiger partial charge < -0.3 is 16.4 Å². The fourth-order valence-electron chi connectivity index (χ4n) is 4.59. The number of carbonyl (C=O) groups excluding carboxylic acids is 3. The number of rotatable bonds is 9. The second kappa shape index (κ2) is 11.1. The van der Waals surface area contributed by atoms with E-state index in [2.05, 4.69) is 15.6 Å². The molecule has 0 bridgehead atoms. The van der Waals surface area contributed by atoms with E-state index in [0.717, 1.165) is 11.3 Å². The van der Waals surface area contributed by atoms with Crippen molar-refractivity contribution in [3.05, 3.63) is 88.7 Å². The van der Waals surface area contributed by atoms with Crippen LogP contribution >= 0.6 is 11.3 Å². The Hall–Kier alpha value is -4.16. The lowest BCUT2D eigenvalue weighted by atomic mass is 10.0. The Morgan fingerprint density at radius 3 is 2.50 bits per heavy atom. The second-order valence-corrected chi connectivity index (χ2v) is 12.6. The number of fused-ring (bicyclic) bond motifs is 1. The summed E-state index contributed by atoms with van der Waals surface area (Å²) in [7, 11) is -4.12. The molecule has 4 aromatic rings. The SMILES string of the molecule is NC(=O)c1ccc(-c2cc3sc(C(C(=O)NCC4CCNC4=O)S(=O)(=O)Cc4ccccc4)nc3cc2F)cc1. The number of amides is 3. The van der Waals surface area contributed by atoms with Crippen molar-refractivity contribution < 1.29 is 27.2 Å². The van der Waals surface area contributed by atoms with Crippen LogP contribution < -0.4 is 16.4 Å². The van der Waals surface area contributed by atoms with Crippen LogP contribution in [0.15, 0.2) is 66.7 Å². The van der Waals surface area contributed by atoms with E-state index < -0.39 is 44.4 Å². The van der Waals surface area contributed by atoms with E-state index in [9.17, 15) is 22.8 Å². The van der Waals surface area contributed by atoms with Crippen LogP contribution in [0.2, 0.25) is 0 Å². The quantitative estimate of drug-likeness (QED) is 0.277. The summed E-state index contributed by atoms with van der Waals surface area (Å²) in [6.07, 6.45) is 0.532. The number of nitrogens with two attached hydrogens (primary N) is 1. The fraction of sp³-hybridized carbons (Fsp3) is 0.214. The van der Waals surface area contributed by atoms with Crippen LogP contribution in [0.4, 0.5) is 4.39 Å². The van der Waals surface area contributed by atoms with Crippen LogP contribution in [0.25, 0.3) is 21.3 Å². The summed E-state index contributed by atoms with van der Waals surface area (Å²) in [5, 5.41) is 3.66. The monoisotopic (exact) mass is 580 g/mol. The molecule has 0 saturated carbocycles. The number of sulfone groups is 1. The molecule has 0 spiro atoms. The van der Waals surface area contributed by atoms with Gasteiger partial charge in [0.2, 0.25) is 17.7 Å². The molecule has 40 heavy (non-hydrogen) atoms. The maximum absolute atomic E-state index is 15.1. The highest BCUT2D eigenvalue weighted by atomic mass is 32.2. The van der Waals surface area contributed by atoms with E-state index >= 15 is 4.39 Å². The minimum Gasteiger partial charge on any atom is -0.366 e. The predicted molar refractivity (Wildman–Crippen MR) is 149 cm³/mol. The molecule has 2 heterocycles. The standard InChI is InChI=1S/C28H25FN4O5S2/c29-21-13-22-23(12-20(21)17-6-8-18(9-7-17)25(30)34)39-28(33-22)24(27(36)32-14-19-10-11-31-26(19)35)40(37,38)15-16-4-2-1-3-5-16/h1-9,12-13,19,24H,10-11,14-15H2,(H2,30,34)(H,31,35)(H,32,36). The van der Waals surface area contributed by atoms with Gasteiger partial charge in [-0.15, -0.1) is 11.3 Å². The van der Waals surface area contributed by atoms with Gasteiger partial charge in [0.05, 0.1) is 21.9 Å². The first-order valence-corrected chi connectivity index (χ1v) is 15.0. The van der Waals surface area contributed by atoms with Gasteiger partial charge in [-0.25, -0.2) is 17.8 Å². The summed E-state index contributed by atoms with van der Waals surface area (Å²) in [4.78, 5) is 41.1. The molecular formula is C28H25FN4O5S2. The highest BCUT2D eigenvalue weighted by molar-refractivity contribution is 7.91. The molecule has 206 valence electrons. The Morgan fingerprint density at radius 1 is 1.12 bits per heavy atom. The second-order valence-electron chi connectivity index (χ2n) is 9.49. The zero-order valence-electron chi connectivity index (χ0n) is 21.1. The highest BCUT2D eigenvalue weighted by Crippen LogP contribution is 2.36. The highest BCUT2D eigenvalue weighted by Gasteiger charge is 2.38. The first kappa shape index (κ1) is 27.4. The molecule has 0 aliphatic carbocycles. The number of nitrogens with one attached hydrogen (secondary N) is 2. The van der Waals surface area contributed by atoms with Gasteiger partial charge in [-0.3, -0.25) is 14.4 Å². The van der Waals surface area contributed by atoms with Crippen molar-refractivity contribution in [3.8, 4) is 11.1 Å². The third-order valence-corrected chi connectivity index (χ3v) is 9.82. The summed E-state index contributed by atoms with van der Waals surface area (Å²) < 4.78 is 42.9. The molecular weight excluding hydrogens is 555 g/mol. The number of carbonyl (C=O) groups is 3. The number of halogens is 1. The minimum atomic E-state index is -4.12. The molecule has 1 aliphatic rings. The number of primary amides is 1. The van der Waals surface area contributed by atoms with Gasteiger partial charge in [-0.05, 0) is 35.7 Å². The van der Waals surface area contributed by atoms with Crippen molar-refractivity contribution in [1.29, 1.82) is 0 Å². The molecule has 1 aromatic heterocycles. The van der Waals surface area contributed by atoms with Gasteiger partial charge in [0.25, 0.3) is 0 Å². The number of hydrogen-bond acceptors (Lipinski definition) is 7. The van der Waals surface area contributed by atoms with Crippen molar-refractivity contribution in [2.24, 2.45) is 11.7 Å². The van der Waals surface area contributed by atoms with Gasteiger partial charge >= 0.3 is 0 Å². The molecule has 4 N–H and O–H groups in total. The molecule has 3 amide bonds. The van der Waals surface area contributed by atoms with Crippen molar-refractivity contribution in [1.82, 2.24) is 15.6 Å². The zero-order chi connectivity index (χ0) is 28.4. The number of hydrogen-bond donors (Lipinski definition) is 3. The van der Waals surface area contributed by atoms with Crippen LogP contribution in [0, 0.1) is 11.7 Å². The van der Waals surface area contributed by atoms with Crippen LogP contribution in [0.1, 0.15) is 32.6 Å². The maximum Gasteiger partial charge on any atom is 0.248 e. The van der Waals surface area contributed by atoms with Crippen molar-refractivity contribution in [3.63, 3.8) is 0 Å². The third-order valence-electron chi connectivity index (χ3n) is 6.69. The summed E-state index contributed by atoms with van der Waals surface area (Å²) >= 11 is 0.984. The summed E-state index contributed by atoms with van der Waals surface area (Å²) in [5.74, 6) is -3.05. The van der Waals surface area contributed by atoms with Crippen molar-refractivity contribution >= 4 is 49.1 Å². The van der Waals surface area contributed by atoms with Crippen molar-refractivity contribution in [2.75, 3.05) is 13.1 Å². The van der Waals surface area contributed by atoms with E-state index in [1.165, 1.54) is 24.3 Å². The average molecular weight is 581 g/mol. The Morgan fingerprint density at radius 2 is 1.85 bits per heavy atom. The van der Waals surface area contributed by atoms with Crippen LogP contribution in [-0.4, -0.2) is 44.2 Å². The van der Waals surface area contributed by atoms with Gasteiger partial charge in [-0.1, -0.05) is 42.5 Å². The Labute approximate surface area is 233 Å². The van der Waals surface area contributed by atoms with Gasteiger partial charge in [-0.2, -0.15) is 0 Å². The first-order chi connectivity index (χ1) is 19.1. The fourth-order valence-corrected chi connectivity index (χ4v) is 7.74. The van der Waals surface area contributed by atoms with E-state index in [1.54, 1.807) is 42.5 Å². The normalized spacial score (nSPS) is 16.0. The third kappa shape index (κ3) is 5.73. The average Bonchev–Trinajstić information content (AvgIpc) is 3.52. The lowest BCUT2D eigenvalue weighted by Crippen LogP contribution is -2.38. The number of benzene rings is 3. The maximum atomic E-state index is 15.1. The summed E-state index contributed by atoms with van der Waals surface area (Å²) in [5.41, 5.74) is 6.98. The Bertz CT molecular complexity index is 1710. The van der Waals surface area contributed by atoms with E-state index in [0.29, 0.717) is 28.8 Å². The smallest absolute Gasteiger partial charge is 0.248 e. The van der Waals surface area contributed by atoms with Gasteiger partial charge in [0.15, 0.2) is 15.1 Å². The zero-order valence-corrected chi connectivity index (χ0v) is 22.7. The first-order valence-electron chi connectivity index (χ1n) is 12.4. The lowest BCUT2D eigenvalue weighted by molar-refractivity contribution is -0.123. The number of aromatic nitrogens is 1. The number of nitrogens with zero attached hydrogens (tertiary/aromatic N) is 1. The van der Waals surface area contributed by atoms with E-state index in [-0.39, 0.29) is 34.1 Å². The molecule has 3 aromatic carbocycles. The molecule has 9 nitrogen and oxygen atoms in total. The van der Waals surface area contributed by atoms with E-state index in [1.807, 2.05) is 0 Å². The van der Waals surface area contributed by atoms with E-state index in [4.69, 9.17) is 5.73 Å². The molecule has 2 unspecified atom stereocenters. The van der Waals surface area contributed by atoms with Crippen LogP contribution in [0.3, 0.4) is 0 Å². The van der Waals surface area contributed by atoms with Crippen LogP contribution in [-0.2, 0) is 25.2 Å². The van der Waals surface area contributed by atoms with Crippen LogP contribution in [0.5, 0.6) is 0 Å². The molecule has 5 rings (SSSR count). The number of thiazole rings is 1. The molecule has 1 fully saturated rings. The molecule has 0 radical (unpaired) electrons. The van der Waals surface area contributed by atoms with Gasteiger partial charge in [0.1, 0.15) is 10.8 Å². The summed E-state index contributed by atoms with van der Waals surface area (Å²) in [6, 6.07) is 17.3. The van der Waals surface area contributed by atoms with Crippen molar-refractivity contribution in [2.45, 2.75) is 17.4 Å². The lowest BCUT2D eigenvalue weighted by Gasteiger charge is -2.17.